The number of hydrogen-bond donors (Lipinski definition) is 3. The van der Waals surface area contributed by atoms with Crippen molar-refractivity contribution < 1.29 is 24.5 Å². The minimum absolute atomic E-state index is 0.127. The van der Waals surface area contributed by atoms with Gasteiger partial charge >= 0.3 is 5.97 Å². The number of aliphatic carboxylic acids is 1. The first-order chi connectivity index (χ1) is 10.9. The summed E-state index contributed by atoms with van der Waals surface area (Å²) in [4.78, 5) is 22.4. The third kappa shape index (κ3) is 4.45. The summed E-state index contributed by atoms with van der Waals surface area (Å²) in [5.41, 5.74) is -1.01. The van der Waals surface area contributed by atoms with E-state index in [0.29, 0.717) is 25.1 Å². The first-order valence-electron chi connectivity index (χ1n) is 7.84. The van der Waals surface area contributed by atoms with Gasteiger partial charge in [0.25, 0.3) is 0 Å². The van der Waals surface area contributed by atoms with E-state index in [0.717, 1.165) is 18.4 Å². The maximum Gasteiger partial charge on any atom is 0.339 e. The molecule has 2 rings (SSSR count). The van der Waals surface area contributed by atoms with Crippen LogP contribution in [0.15, 0.2) is 24.3 Å². The van der Waals surface area contributed by atoms with Gasteiger partial charge in [-0.25, -0.2) is 4.79 Å². The molecular weight excluding hydrogens is 298 g/mol. The summed E-state index contributed by atoms with van der Waals surface area (Å²) in [6, 6.07) is 7.03. The normalized spacial score (nSPS) is 17.5. The van der Waals surface area contributed by atoms with E-state index in [2.05, 4.69) is 5.32 Å². The molecule has 0 saturated heterocycles. The zero-order valence-electron chi connectivity index (χ0n) is 13.2. The van der Waals surface area contributed by atoms with Crippen LogP contribution < -0.4 is 10.1 Å². The summed E-state index contributed by atoms with van der Waals surface area (Å²) < 4.78 is 5.55. The Morgan fingerprint density at radius 3 is 2.65 bits per heavy atom. The zero-order chi connectivity index (χ0) is 16.9. The first kappa shape index (κ1) is 17.3. The molecule has 1 aromatic carbocycles. The SMILES string of the molecule is CC(=O)NCc1cccc(OCC(O)(C(=O)O)C2CCCC2)c1. The van der Waals surface area contributed by atoms with Crippen LogP contribution in [-0.2, 0) is 16.1 Å². The molecule has 6 nitrogen and oxygen atoms in total. The number of carboxylic acids is 1. The van der Waals surface area contributed by atoms with Gasteiger partial charge in [-0.1, -0.05) is 25.0 Å². The van der Waals surface area contributed by atoms with Crippen molar-refractivity contribution in [2.75, 3.05) is 6.61 Å². The minimum Gasteiger partial charge on any atom is -0.490 e. The van der Waals surface area contributed by atoms with Crippen LogP contribution in [0, 0.1) is 5.92 Å². The molecule has 1 atom stereocenters. The van der Waals surface area contributed by atoms with Gasteiger partial charge in [0.2, 0.25) is 5.91 Å². The molecule has 0 aromatic heterocycles. The molecule has 0 heterocycles. The largest absolute Gasteiger partial charge is 0.490 e. The molecule has 1 amide bonds. The number of amides is 1. The lowest BCUT2D eigenvalue weighted by Gasteiger charge is -2.29. The number of aliphatic hydroxyl groups is 1. The van der Waals surface area contributed by atoms with Crippen molar-refractivity contribution in [3.05, 3.63) is 29.8 Å². The van der Waals surface area contributed by atoms with Gasteiger partial charge in [0.15, 0.2) is 5.60 Å². The smallest absolute Gasteiger partial charge is 0.339 e. The van der Waals surface area contributed by atoms with E-state index in [4.69, 9.17) is 4.74 Å². The Labute approximate surface area is 135 Å². The van der Waals surface area contributed by atoms with Crippen LogP contribution >= 0.6 is 0 Å². The average molecular weight is 321 g/mol. The Hall–Kier alpha value is -2.08. The zero-order valence-corrected chi connectivity index (χ0v) is 13.2. The maximum atomic E-state index is 11.5. The number of ether oxygens (including phenoxy) is 1. The van der Waals surface area contributed by atoms with E-state index in [1.807, 2.05) is 6.07 Å². The molecule has 1 aliphatic rings. The van der Waals surface area contributed by atoms with Crippen LogP contribution in [0.5, 0.6) is 5.75 Å². The molecule has 126 valence electrons. The molecule has 0 bridgehead atoms. The van der Waals surface area contributed by atoms with Crippen LogP contribution in [0.3, 0.4) is 0 Å². The van der Waals surface area contributed by atoms with E-state index in [9.17, 15) is 19.8 Å². The van der Waals surface area contributed by atoms with E-state index in [1.165, 1.54) is 6.92 Å². The van der Waals surface area contributed by atoms with Gasteiger partial charge in [-0.05, 0) is 30.5 Å². The molecule has 0 aliphatic heterocycles. The molecule has 23 heavy (non-hydrogen) atoms. The molecule has 0 spiro atoms. The Kier molecular flexibility index (Phi) is 5.60. The Morgan fingerprint density at radius 1 is 1.35 bits per heavy atom. The number of carboxylic acid groups (broad SMARTS) is 1. The van der Waals surface area contributed by atoms with Crippen LogP contribution in [0.25, 0.3) is 0 Å². The first-order valence-corrected chi connectivity index (χ1v) is 7.84. The van der Waals surface area contributed by atoms with Gasteiger partial charge in [0.1, 0.15) is 12.4 Å². The summed E-state index contributed by atoms with van der Waals surface area (Å²) in [5, 5.41) is 22.6. The van der Waals surface area contributed by atoms with Gasteiger partial charge in [0, 0.05) is 19.4 Å². The van der Waals surface area contributed by atoms with Gasteiger partial charge in [-0.15, -0.1) is 0 Å². The van der Waals surface area contributed by atoms with Crippen molar-refractivity contribution in [1.82, 2.24) is 5.32 Å². The predicted octanol–water partition coefficient (Wildman–Crippen LogP) is 1.71. The second kappa shape index (κ2) is 7.46. The number of rotatable bonds is 7. The third-order valence-corrected chi connectivity index (χ3v) is 4.30. The molecule has 1 aromatic rings. The molecule has 1 unspecified atom stereocenters. The van der Waals surface area contributed by atoms with Crippen molar-refractivity contribution in [2.45, 2.75) is 44.8 Å². The summed E-state index contributed by atoms with van der Waals surface area (Å²) >= 11 is 0. The molecule has 0 radical (unpaired) electrons. The van der Waals surface area contributed by atoms with Gasteiger partial charge < -0.3 is 20.3 Å². The number of carbonyl (C=O) groups is 2. The van der Waals surface area contributed by atoms with E-state index in [1.54, 1.807) is 18.2 Å². The van der Waals surface area contributed by atoms with Crippen LogP contribution in [-0.4, -0.2) is 34.3 Å². The summed E-state index contributed by atoms with van der Waals surface area (Å²) in [5.74, 6) is -1.16. The van der Waals surface area contributed by atoms with Crippen LogP contribution in [0.2, 0.25) is 0 Å². The lowest BCUT2D eigenvalue weighted by Crippen LogP contribution is -2.50. The monoisotopic (exact) mass is 321 g/mol. The van der Waals surface area contributed by atoms with E-state index in [-0.39, 0.29) is 18.4 Å². The molecule has 1 fully saturated rings. The lowest BCUT2D eigenvalue weighted by molar-refractivity contribution is -0.169. The van der Waals surface area contributed by atoms with Gasteiger partial charge in [0.05, 0.1) is 0 Å². The fraction of sp³-hybridized carbons (Fsp3) is 0.529. The fourth-order valence-electron chi connectivity index (χ4n) is 2.92. The molecule has 3 N–H and O–H groups in total. The van der Waals surface area contributed by atoms with Crippen molar-refractivity contribution in [3.63, 3.8) is 0 Å². The van der Waals surface area contributed by atoms with Crippen molar-refractivity contribution in [1.29, 1.82) is 0 Å². The summed E-state index contributed by atoms with van der Waals surface area (Å²) in [6.45, 7) is 1.53. The molecule has 6 heteroatoms. The van der Waals surface area contributed by atoms with E-state index < -0.39 is 11.6 Å². The summed E-state index contributed by atoms with van der Waals surface area (Å²) in [6.07, 6.45) is 3.28. The van der Waals surface area contributed by atoms with Crippen molar-refractivity contribution >= 4 is 11.9 Å². The van der Waals surface area contributed by atoms with Crippen molar-refractivity contribution in [2.24, 2.45) is 5.92 Å². The average Bonchev–Trinajstić information content (AvgIpc) is 3.06. The molecule has 1 aliphatic carbocycles. The highest BCUT2D eigenvalue weighted by atomic mass is 16.5. The highest BCUT2D eigenvalue weighted by molar-refractivity contribution is 5.78. The van der Waals surface area contributed by atoms with Crippen LogP contribution in [0.4, 0.5) is 0 Å². The fourth-order valence-corrected chi connectivity index (χ4v) is 2.92. The van der Waals surface area contributed by atoms with Gasteiger partial charge in [-0.2, -0.15) is 0 Å². The number of carbonyl (C=O) groups excluding carboxylic acids is 1. The highest BCUT2D eigenvalue weighted by Gasteiger charge is 2.46. The highest BCUT2D eigenvalue weighted by Crippen LogP contribution is 2.35. The lowest BCUT2D eigenvalue weighted by atomic mass is 9.87. The quantitative estimate of drug-likeness (QED) is 0.710. The number of benzene rings is 1. The Bertz CT molecular complexity index is 568. The van der Waals surface area contributed by atoms with Gasteiger partial charge in [-0.3, -0.25) is 4.79 Å². The Morgan fingerprint density at radius 2 is 2.04 bits per heavy atom. The minimum atomic E-state index is -1.86. The van der Waals surface area contributed by atoms with E-state index >= 15 is 0 Å². The van der Waals surface area contributed by atoms with Crippen molar-refractivity contribution in [3.8, 4) is 5.75 Å². The molecular formula is C17H23NO5. The number of nitrogens with one attached hydrogen (secondary N) is 1. The topological polar surface area (TPSA) is 95.9 Å². The second-order valence-corrected chi connectivity index (χ2v) is 6.06. The second-order valence-electron chi connectivity index (χ2n) is 6.06. The summed E-state index contributed by atoms with van der Waals surface area (Å²) in [7, 11) is 0. The Balaban J connectivity index is 2.01. The predicted molar refractivity (Wildman–Crippen MR) is 84.0 cm³/mol. The van der Waals surface area contributed by atoms with Crippen LogP contribution in [0.1, 0.15) is 38.2 Å². The maximum absolute atomic E-state index is 11.5. The number of hydrogen-bond acceptors (Lipinski definition) is 4. The standard InChI is InChI=1S/C17H23NO5/c1-12(19)18-10-13-5-4-8-15(9-13)23-11-17(22,16(20)21)14-6-2-3-7-14/h4-5,8-9,14,22H,2-3,6-7,10-11H2,1H3,(H,18,19)(H,20,21). The third-order valence-electron chi connectivity index (χ3n) is 4.30. The molecule has 1 saturated carbocycles.